The van der Waals surface area contributed by atoms with Gasteiger partial charge in [0.25, 0.3) is 0 Å². The molecule has 2 nitrogen and oxygen atoms in total. The molecule has 0 saturated heterocycles. The second-order valence-electron chi connectivity index (χ2n) is 7.85. The summed E-state index contributed by atoms with van der Waals surface area (Å²) in [6.07, 6.45) is 15.3. The lowest BCUT2D eigenvalue weighted by Crippen LogP contribution is -2.58. The van der Waals surface area contributed by atoms with Crippen LogP contribution in [0.2, 0.25) is 0 Å². The van der Waals surface area contributed by atoms with Crippen molar-refractivity contribution in [3.63, 3.8) is 0 Å². The molecule has 2 aliphatic carbocycles. The van der Waals surface area contributed by atoms with Crippen molar-refractivity contribution in [2.75, 3.05) is 13.6 Å². The first-order chi connectivity index (χ1) is 10.1. The van der Waals surface area contributed by atoms with Crippen LogP contribution in [-0.4, -0.2) is 30.1 Å². The molecule has 0 spiro atoms. The maximum absolute atomic E-state index is 6.28. The minimum Gasteiger partial charge on any atom is -0.329 e. The topological polar surface area (TPSA) is 29.3 Å². The van der Waals surface area contributed by atoms with Crippen molar-refractivity contribution >= 4 is 0 Å². The lowest BCUT2D eigenvalue weighted by molar-refractivity contribution is 0.0106. The summed E-state index contributed by atoms with van der Waals surface area (Å²) in [5.41, 5.74) is 6.59. The Labute approximate surface area is 132 Å². The van der Waals surface area contributed by atoms with E-state index in [1.165, 1.54) is 70.6 Å². The van der Waals surface area contributed by atoms with E-state index in [0.717, 1.165) is 24.4 Å². The van der Waals surface area contributed by atoms with Crippen LogP contribution >= 0.6 is 0 Å². The molecular formula is C19H38N2. The molecule has 0 radical (unpaired) electrons. The second-order valence-corrected chi connectivity index (χ2v) is 7.85. The number of rotatable bonds is 6. The second kappa shape index (κ2) is 7.97. The van der Waals surface area contributed by atoms with Gasteiger partial charge < -0.3 is 5.73 Å². The van der Waals surface area contributed by atoms with Gasteiger partial charge >= 0.3 is 0 Å². The maximum Gasteiger partial charge on any atom is 0.0331 e. The summed E-state index contributed by atoms with van der Waals surface area (Å²) < 4.78 is 0. The Morgan fingerprint density at radius 1 is 0.952 bits per heavy atom. The molecule has 0 heterocycles. The molecule has 21 heavy (non-hydrogen) atoms. The van der Waals surface area contributed by atoms with Gasteiger partial charge in [-0.25, -0.2) is 0 Å². The average molecular weight is 295 g/mol. The summed E-state index contributed by atoms with van der Waals surface area (Å²) in [5.74, 6) is 1.96. The monoisotopic (exact) mass is 294 g/mol. The predicted molar refractivity (Wildman–Crippen MR) is 92.5 cm³/mol. The smallest absolute Gasteiger partial charge is 0.0331 e. The first kappa shape index (κ1) is 17.3. The molecule has 2 saturated carbocycles. The van der Waals surface area contributed by atoms with E-state index in [0.29, 0.717) is 5.54 Å². The molecule has 0 aromatic heterocycles. The van der Waals surface area contributed by atoms with Crippen LogP contribution in [0.25, 0.3) is 0 Å². The molecule has 0 amide bonds. The highest BCUT2D eigenvalue weighted by atomic mass is 15.2. The summed E-state index contributed by atoms with van der Waals surface area (Å²) in [4.78, 5) is 2.72. The summed E-state index contributed by atoms with van der Waals surface area (Å²) in [6.45, 7) is 5.53. The van der Waals surface area contributed by atoms with E-state index in [4.69, 9.17) is 5.73 Å². The number of likely N-dealkylation sites (N-methyl/N-ethyl adjacent to an activating group) is 1. The van der Waals surface area contributed by atoms with Gasteiger partial charge in [-0.05, 0) is 70.3 Å². The van der Waals surface area contributed by atoms with E-state index in [2.05, 4.69) is 25.8 Å². The Morgan fingerprint density at radius 2 is 1.57 bits per heavy atom. The van der Waals surface area contributed by atoms with Crippen molar-refractivity contribution in [2.45, 2.75) is 96.1 Å². The van der Waals surface area contributed by atoms with Gasteiger partial charge in [-0.2, -0.15) is 0 Å². The molecule has 0 unspecified atom stereocenters. The molecule has 2 N–H and O–H groups in total. The third-order valence-electron chi connectivity index (χ3n) is 6.80. The van der Waals surface area contributed by atoms with Crippen molar-refractivity contribution < 1.29 is 0 Å². The fourth-order valence-electron chi connectivity index (χ4n) is 4.94. The number of nitrogens with zero attached hydrogens (tertiary/aromatic N) is 1. The third-order valence-corrected chi connectivity index (χ3v) is 6.80. The fraction of sp³-hybridized carbons (Fsp3) is 1.00. The van der Waals surface area contributed by atoms with Gasteiger partial charge in [-0.15, -0.1) is 0 Å². The first-order valence-electron chi connectivity index (χ1n) is 9.58. The molecule has 0 bridgehead atoms. The Kier molecular flexibility index (Phi) is 6.55. The van der Waals surface area contributed by atoms with Crippen LogP contribution in [0.5, 0.6) is 0 Å². The number of hydrogen-bond acceptors (Lipinski definition) is 2. The van der Waals surface area contributed by atoms with Gasteiger partial charge in [0.15, 0.2) is 0 Å². The van der Waals surface area contributed by atoms with Gasteiger partial charge in [0.2, 0.25) is 0 Å². The molecule has 0 aromatic carbocycles. The highest BCUT2D eigenvalue weighted by Crippen LogP contribution is 2.40. The Hall–Kier alpha value is -0.0800. The largest absolute Gasteiger partial charge is 0.329 e. The van der Waals surface area contributed by atoms with Crippen LogP contribution in [0.4, 0.5) is 0 Å². The van der Waals surface area contributed by atoms with E-state index in [-0.39, 0.29) is 0 Å². The molecular weight excluding hydrogens is 256 g/mol. The average Bonchev–Trinajstić information content (AvgIpc) is 2.55. The molecule has 124 valence electrons. The first-order valence-corrected chi connectivity index (χ1v) is 9.58. The van der Waals surface area contributed by atoms with Crippen molar-refractivity contribution in [2.24, 2.45) is 17.6 Å². The van der Waals surface area contributed by atoms with Crippen molar-refractivity contribution in [3.8, 4) is 0 Å². The molecule has 0 atom stereocenters. The van der Waals surface area contributed by atoms with Gasteiger partial charge in [-0.1, -0.05) is 33.1 Å². The van der Waals surface area contributed by atoms with Gasteiger partial charge in [0.1, 0.15) is 0 Å². The maximum atomic E-state index is 6.28. The third kappa shape index (κ3) is 4.01. The zero-order chi connectivity index (χ0) is 15.3. The Balaban J connectivity index is 1.91. The predicted octanol–water partition coefficient (Wildman–Crippen LogP) is 4.57. The standard InChI is InChI=1S/C19H38N2/c1-4-6-17-11-13-19(15-20,14-12-17)21(3)18-9-7-16(5-2)8-10-18/h16-18H,4-15,20H2,1-3H3. The summed E-state index contributed by atoms with van der Waals surface area (Å²) >= 11 is 0. The van der Waals surface area contributed by atoms with E-state index in [1.807, 2.05) is 0 Å². The highest BCUT2D eigenvalue weighted by Gasteiger charge is 2.40. The molecule has 2 aliphatic rings. The molecule has 2 fully saturated rings. The van der Waals surface area contributed by atoms with Crippen LogP contribution < -0.4 is 5.73 Å². The lowest BCUT2D eigenvalue weighted by Gasteiger charge is -2.50. The zero-order valence-electron chi connectivity index (χ0n) is 14.7. The number of nitrogens with two attached hydrogens (primary N) is 1. The van der Waals surface area contributed by atoms with E-state index in [1.54, 1.807) is 0 Å². The molecule has 2 rings (SSSR count). The van der Waals surface area contributed by atoms with Crippen LogP contribution in [0, 0.1) is 11.8 Å². The van der Waals surface area contributed by atoms with Crippen molar-refractivity contribution in [1.29, 1.82) is 0 Å². The summed E-state index contributed by atoms with van der Waals surface area (Å²) in [7, 11) is 2.38. The van der Waals surface area contributed by atoms with E-state index >= 15 is 0 Å². The summed E-state index contributed by atoms with van der Waals surface area (Å²) in [5, 5.41) is 0. The van der Waals surface area contributed by atoms with Crippen molar-refractivity contribution in [1.82, 2.24) is 4.90 Å². The SMILES string of the molecule is CCCC1CCC(CN)(N(C)C2CCC(CC)CC2)CC1. The highest BCUT2D eigenvalue weighted by molar-refractivity contribution is 4.97. The Morgan fingerprint density at radius 3 is 2.05 bits per heavy atom. The van der Waals surface area contributed by atoms with Crippen LogP contribution in [0.15, 0.2) is 0 Å². The minimum absolute atomic E-state index is 0.313. The molecule has 0 aromatic rings. The van der Waals surface area contributed by atoms with Gasteiger partial charge in [0.05, 0.1) is 0 Å². The van der Waals surface area contributed by atoms with Crippen LogP contribution in [-0.2, 0) is 0 Å². The van der Waals surface area contributed by atoms with E-state index < -0.39 is 0 Å². The molecule has 2 heteroatoms. The van der Waals surface area contributed by atoms with Gasteiger partial charge in [0, 0.05) is 18.1 Å². The van der Waals surface area contributed by atoms with Crippen molar-refractivity contribution in [3.05, 3.63) is 0 Å². The molecule has 0 aliphatic heterocycles. The zero-order valence-corrected chi connectivity index (χ0v) is 14.7. The Bertz CT molecular complexity index is 286. The normalized spacial score (nSPS) is 37.9. The fourth-order valence-corrected chi connectivity index (χ4v) is 4.94. The summed E-state index contributed by atoms with van der Waals surface area (Å²) in [6, 6.07) is 0.791. The lowest BCUT2D eigenvalue weighted by atomic mass is 9.72. The minimum atomic E-state index is 0.313. The van der Waals surface area contributed by atoms with E-state index in [9.17, 15) is 0 Å². The quantitative estimate of drug-likeness (QED) is 0.777. The van der Waals surface area contributed by atoms with Crippen LogP contribution in [0.3, 0.4) is 0 Å². The van der Waals surface area contributed by atoms with Gasteiger partial charge in [-0.3, -0.25) is 4.90 Å². The number of hydrogen-bond donors (Lipinski definition) is 1. The van der Waals surface area contributed by atoms with Crippen LogP contribution in [0.1, 0.15) is 84.5 Å².